The molecule has 0 aliphatic heterocycles. The van der Waals surface area contributed by atoms with Gasteiger partial charge in [-0.25, -0.2) is 9.78 Å². The fourth-order valence-electron chi connectivity index (χ4n) is 2.37. The van der Waals surface area contributed by atoms with Crippen LogP contribution in [0.5, 0.6) is 5.75 Å². The number of benzene rings is 2. The van der Waals surface area contributed by atoms with E-state index in [2.05, 4.69) is 9.97 Å². The van der Waals surface area contributed by atoms with E-state index >= 15 is 0 Å². The normalized spacial score (nSPS) is 13.2. The first kappa shape index (κ1) is 16.7. The van der Waals surface area contributed by atoms with Gasteiger partial charge < -0.3 is 14.5 Å². The highest BCUT2D eigenvalue weighted by Gasteiger charge is 2.21. The largest absolute Gasteiger partial charge is 0.479 e. The van der Waals surface area contributed by atoms with Crippen LogP contribution in [0.25, 0.3) is 10.9 Å². The molecule has 0 radical (unpaired) electrons. The number of H-pyrrole nitrogens is 1. The van der Waals surface area contributed by atoms with Gasteiger partial charge in [0.25, 0.3) is 5.56 Å². The molecule has 0 saturated heterocycles. The summed E-state index contributed by atoms with van der Waals surface area (Å²) in [4.78, 5) is 31.3. The number of carbonyl (C=O) groups excluding carboxylic acids is 1. The van der Waals surface area contributed by atoms with E-state index in [-0.39, 0.29) is 5.56 Å². The van der Waals surface area contributed by atoms with Gasteiger partial charge in [-0.1, -0.05) is 30.3 Å². The number of rotatable bonds is 5. The molecule has 0 bridgehead atoms. The predicted octanol–water partition coefficient (Wildman–Crippen LogP) is 2.99. The number of nitrogens with one attached hydrogen (secondary N) is 1. The zero-order chi connectivity index (χ0) is 17.8. The summed E-state index contributed by atoms with van der Waals surface area (Å²) in [5.74, 6) is 0.341. The van der Waals surface area contributed by atoms with E-state index in [9.17, 15) is 9.59 Å². The number of aromatic nitrogens is 2. The second kappa shape index (κ2) is 7.17. The van der Waals surface area contributed by atoms with Gasteiger partial charge in [-0.3, -0.25) is 4.79 Å². The van der Waals surface area contributed by atoms with Crippen LogP contribution in [0.3, 0.4) is 0 Å². The standard InChI is InChI=1S/C19H18N2O4/c1-12(17-20-16-11-7-6-10-15(16)18(22)21-17)25-19(23)13(2)24-14-8-4-3-5-9-14/h3-13H,1-2H3,(H,20,21,22)/t12-,13+/m0/s1. The van der Waals surface area contributed by atoms with Crippen LogP contribution in [0.1, 0.15) is 25.8 Å². The molecule has 0 aliphatic rings. The Labute approximate surface area is 144 Å². The molecule has 3 aromatic rings. The maximum atomic E-state index is 12.2. The zero-order valence-electron chi connectivity index (χ0n) is 13.9. The molecule has 0 amide bonds. The predicted molar refractivity (Wildman–Crippen MR) is 93.4 cm³/mol. The van der Waals surface area contributed by atoms with Crippen molar-refractivity contribution in [2.45, 2.75) is 26.1 Å². The Morgan fingerprint density at radius 2 is 1.72 bits per heavy atom. The van der Waals surface area contributed by atoms with Crippen LogP contribution in [0.15, 0.2) is 59.4 Å². The van der Waals surface area contributed by atoms with E-state index in [0.717, 1.165) is 0 Å². The van der Waals surface area contributed by atoms with Crippen LogP contribution in [-0.2, 0) is 9.53 Å². The molecule has 3 rings (SSSR count). The highest BCUT2D eigenvalue weighted by atomic mass is 16.6. The molecule has 25 heavy (non-hydrogen) atoms. The first-order chi connectivity index (χ1) is 12.0. The van der Waals surface area contributed by atoms with Gasteiger partial charge in [0, 0.05) is 0 Å². The van der Waals surface area contributed by atoms with Crippen LogP contribution in [0.2, 0.25) is 0 Å². The lowest BCUT2D eigenvalue weighted by Crippen LogP contribution is -2.28. The van der Waals surface area contributed by atoms with E-state index in [0.29, 0.717) is 22.5 Å². The molecule has 1 heterocycles. The molecule has 0 aliphatic carbocycles. The molecule has 2 atom stereocenters. The lowest BCUT2D eigenvalue weighted by Gasteiger charge is -2.17. The van der Waals surface area contributed by atoms with Crippen molar-refractivity contribution < 1.29 is 14.3 Å². The molecule has 2 aromatic carbocycles. The minimum Gasteiger partial charge on any atom is -0.479 e. The lowest BCUT2D eigenvalue weighted by atomic mass is 10.2. The number of para-hydroxylation sites is 2. The van der Waals surface area contributed by atoms with Crippen LogP contribution in [0, 0.1) is 0 Å². The van der Waals surface area contributed by atoms with Crippen molar-refractivity contribution >= 4 is 16.9 Å². The zero-order valence-corrected chi connectivity index (χ0v) is 13.9. The number of hydrogen-bond donors (Lipinski definition) is 1. The number of fused-ring (bicyclic) bond motifs is 1. The summed E-state index contributed by atoms with van der Waals surface area (Å²) in [6.45, 7) is 3.26. The summed E-state index contributed by atoms with van der Waals surface area (Å²) in [6.07, 6.45) is -1.48. The van der Waals surface area contributed by atoms with E-state index in [1.165, 1.54) is 0 Å². The highest BCUT2D eigenvalue weighted by Crippen LogP contribution is 2.17. The van der Waals surface area contributed by atoms with Gasteiger partial charge >= 0.3 is 5.97 Å². The summed E-state index contributed by atoms with van der Waals surface area (Å²) >= 11 is 0. The van der Waals surface area contributed by atoms with Crippen LogP contribution in [-0.4, -0.2) is 22.0 Å². The fourth-order valence-corrected chi connectivity index (χ4v) is 2.37. The van der Waals surface area contributed by atoms with E-state index in [1.807, 2.05) is 18.2 Å². The Bertz CT molecular complexity index is 937. The SMILES string of the molecule is C[C@H](OC(=O)[C@@H](C)Oc1ccccc1)c1nc2ccccc2c(=O)[nH]1. The average Bonchev–Trinajstić information content (AvgIpc) is 2.62. The first-order valence-corrected chi connectivity index (χ1v) is 7.96. The minimum absolute atomic E-state index is 0.267. The Hall–Kier alpha value is -3.15. The quantitative estimate of drug-likeness (QED) is 0.723. The summed E-state index contributed by atoms with van der Waals surface area (Å²) < 4.78 is 10.9. The number of nitrogens with zero attached hydrogens (tertiary/aromatic N) is 1. The second-order valence-corrected chi connectivity index (χ2v) is 5.62. The van der Waals surface area contributed by atoms with Crippen molar-refractivity contribution in [3.8, 4) is 5.75 Å². The number of esters is 1. The minimum atomic E-state index is -0.781. The molecular formula is C19H18N2O4. The van der Waals surface area contributed by atoms with Crippen molar-refractivity contribution in [1.82, 2.24) is 9.97 Å². The number of hydrogen-bond acceptors (Lipinski definition) is 5. The van der Waals surface area contributed by atoms with Gasteiger partial charge in [-0.2, -0.15) is 0 Å². The third kappa shape index (κ3) is 3.85. The van der Waals surface area contributed by atoms with Gasteiger partial charge in [0.1, 0.15) is 5.75 Å². The molecule has 6 heteroatoms. The highest BCUT2D eigenvalue weighted by molar-refractivity contribution is 5.77. The van der Waals surface area contributed by atoms with Gasteiger partial charge in [0.2, 0.25) is 0 Å². The van der Waals surface area contributed by atoms with Crippen molar-refractivity contribution in [3.63, 3.8) is 0 Å². The fraction of sp³-hybridized carbons (Fsp3) is 0.211. The van der Waals surface area contributed by atoms with Crippen molar-refractivity contribution in [2.75, 3.05) is 0 Å². The monoisotopic (exact) mass is 338 g/mol. The molecule has 128 valence electrons. The third-order valence-electron chi connectivity index (χ3n) is 3.70. The third-order valence-corrected chi connectivity index (χ3v) is 3.70. The summed E-state index contributed by atoms with van der Waals surface area (Å²) in [6, 6.07) is 16.0. The summed E-state index contributed by atoms with van der Waals surface area (Å²) in [5.41, 5.74) is 0.287. The molecule has 1 aromatic heterocycles. The van der Waals surface area contributed by atoms with Gasteiger partial charge in [0.05, 0.1) is 10.9 Å². The maximum Gasteiger partial charge on any atom is 0.347 e. The number of aromatic amines is 1. The van der Waals surface area contributed by atoms with Crippen molar-refractivity contribution in [3.05, 3.63) is 70.8 Å². The molecule has 1 N–H and O–H groups in total. The Kier molecular flexibility index (Phi) is 4.79. The Morgan fingerprint density at radius 3 is 2.48 bits per heavy atom. The van der Waals surface area contributed by atoms with Gasteiger partial charge in [-0.15, -0.1) is 0 Å². The molecular weight excluding hydrogens is 320 g/mol. The molecule has 0 fully saturated rings. The van der Waals surface area contributed by atoms with Crippen LogP contribution in [0.4, 0.5) is 0 Å². The van der Waals surface area contributed by atoms with Gasteiger partial charge in [0.15, 0.2) is 18.0 Å². The van der Waals surface area contributed by atoms with E-state index in [4.69, 9.17) is 9.47 Å². The van der Waals surface area contributed by atoms with Crippen LogP contribution < -0.4 is 10.3 Å². The Balaban J connectivity index is 1.72. The molecule has 6 nitrogen and oxygen atoms in total. The average molecular weight is 338 g/mol. The first-order valence-electron chi connectivity index (χ1n) is 7.96. The second-order valence-electron chi connectivity index (χ2n) is 5.62. The summed E-state index contributed by atoms with van der Waals surface area (Å²) in [7, 11) is 0. The summed E-state index contributed by atoms with van der Waals surface area (Å²) in [5, 5.41) is 0.491. The smallest absolute Gasteiger partial charge is 0.347 e. The molecule has 0 unspecified atom stereocenters. The van der Waals surface area contributed by atoms with Crippen molar-refractivity contribution in [2.24, 2.45) is 0 Å². The lowest BCUT2D eigenvalue weighted by molar-refractivity contribution is -0.156. The van der Waals surface area contributed by atoms with Crippen LogP contribution >= 0.6 is 0 Å². The topological polar surface area (TPSA) is 81.3 Å². The number of carbonyl (C=O) groups is 1. The van der Waals surface area contributed by atoms with Crippen molar-refractivity contribution in [1.29, 1.82) is 0 Å². The number of ether oxygens (including phenoxy) is 2. The van der Waals surface area contributed by atoms with E-state index < -0.39 is 18.2 Å². The Morgan fingerprint density at radius 1 is 1.04 bits per heavy atom. The molecule has 0 spiro atoms. The maximum absolute atomic E-state index is 12.2. The van der Waals surface area contributed by atoms with E-state index in [1.54, 1.807) is 50.2 Å². The molecule has 0 saturated carbocycles. The van der Waals surface area contributed by atoms with Gasteiger partial charge in [-0.05, 0) is 38.1 Å².